The van der Waals surface area contributed by atoms with Crippen LogP contribution in [0.25, 0.3) is 11.4 Å². The molecule has 4 rings (SSSR count). The summed E-state index contributed by atoms with van der Waals surface area (Å²) in [6.45, 7) is 0. The number of amides is 2. The number of hydrogen-bond donors (Lipinski definition) is 0. The lowest BCUT2D eigenvalue weighted by molar-refractivity contribution is -0.121. The Hall–Kier alpha value is -3.20. The molecular weight excluding hydrogens is 395 g/mol. The van der Waals surface area contributed by atoms with Crippen molar-refractivity contribution in [3.8, 4) is 17.1 Å². The standard InChI is InChI=1S/C20H17FN4O3S/c1-24-18(14-5-3-4-6-15(14)21)22-23-20(24)29-16-11-17(26)25(19(16)27)12-7-9-13(28-2)10-8-12/h3-10,16H,11H2,1-2H3/t16-/m0/s1. The number of anilines is 1. The van der Waals surface area contributed by atoms with Gasteiger partial charge in [-0.1, -0.05) is 23.9 Å². The van der Waals surface area contributed by atoms with Crippen LogP contribution >= 0.6 is 11.8 Å². The number of rotatable bonds is 5. The molecule has 0 bridgehead atoms. The van der Waals surface area contributed by atoms with Gasteiger partial charge in [0.25, 0.3) is 0 Å². The van der Waals surface area contributed by atoms with E-state index in [1.807, 2.05) is 0 Å². The van der Waals surface area contributed by atoms with Crippen LogP contribution in [0.3, 0.4) is 0 Å². The van der Waals surface area contributed by atoms with Gasteiger partial charge in [-0.15, -0.1) is 10.2 Å². The van der Waals surface area contributed by atoms with E-state index < -0.39 is 11.1 Å². The SMILES string of the molecule is COc1ccc(N2C(=O)C[C@H](Sc3nnc(-c4ccccc4F)n3C)C2=O)cc1. The molecule has 2 aromatic carbocycles. The van der Waals surface area contributed by atoms with Gasteiger partial charge in [0, 0.05) is 13.5 Å². The summed E-state index contributed by atoms with van der Waals surface area (Å²) in [6, 6.07) is 13.0. The zero-order valence-corrected chi connectivity index (χ0v) is 16.5. The number of carbonyl (C=O) groups is 2. The molecule has 148 valence electrons. The van der Waals surface area contributed by atoms with Crippen LogP contribution < -0.4 is 9.64 Å². The van der Waals surface area contributed by atoms with Gasteiger partial charge in [-0.25, -0.2) is 9.29 Å². The van der Waals surface area contributed by atoms with Crippen LogP contribution in [-0.2, 0) is 16.6 Å². The molecule has 1 saturated heterocycles. The topological polar surface area (TPSA) is 77.3 Å². The highest BCUT2D eigenvalue weighted by molar-refractivity contribution is 8.00. The van der Waals surface area contributed by atoms with E-state index in [2.05, 4.69) is 10.2 Å². The maximum atomic E-state index is 14.1. The average molecular weight is 412 g/mol. The van der Waals surface area contributed by atoms with Gasteiger partial charge in [-0.05, 0) is 36.4 Å². The fraction of sp³-hybridized carbons (Fsp3) is 0.200. The molecule has 2 heterocycles. The summed E-state index contributed by atoms with van der Waals surface area (Å²) >= 11 is 1.15. The fourth-order valence-corrected chi connectivity index (χ4v) is 4.14. The van der Waals surface area contributed by atoms with E-state index in [-0.39, 0.29) is 18.2 Å². The second-order valence-electron chi connectivity index (χ2n) is 6.42. The van der Waals surface area contributed by atoms with Crippen molar-refractivity contribution in [2.75, 3.05) is 12.0 Å². The molecule has 0 spiro atoms. The van der Waals surface area contributed by atoms with E-state index in [1.165, 1.54) is 11.0 Å². The summed E-state index contributed by atoms with van der Waals surface area (Å²) in [7, 11) is 3.25. The fourth-order valence-electron chi connectivity index (χ4n) is 3.12. The first kappa shape index (κ1) is 19.1. The van der Waals surface area contributed by atoms with Crippen LogP contribution in [-0.4, -0.2) is 38.9 Å². The zero-order chi connectivity index (χ0) is 20.5. The van der Waals surface area contributed by atoms with Crippen molar-refractivity contribution in [3.63, 3.8) is 0 Å². The maximum absolute atomic E-state index is 14.1. The molecule has 3 aromatic rings. The number of benzene rings is 2. The minimum absolute atomic E-state index is 0.0530. The molecule has 0 unspecified atom stereocenters. The molecule has 0 N–H and O–H groups in total. The predicted octanol–water partition coefficient (Wildman–Crippen LogP) is 3.05. The van der Waals surface area contributed by atoms with Crippen LogP contribution in [0.15, 0.2) is 53.7 Å². The molecule has 7 nitrogen and oxygen atoms in total. The first-order chi connectivity index (χ1) is 14.0. The summed E-state index contributed by atoms with van der Waals surface area (Å²) in [5.41, 5.74) is 0.817. The summed E-state index contributed by atoms with van der Waals surface area (Å²) < 4.78 is 20.8. The molecular formula is C20H17FN4O3S. The Kier molecular flexibility index (Phi) is 5.06. The van der Waals surface area contributed by atoms with Crippen molar-refractivity contribution in [2.45, 2.75) is 16.8 Å². The Morgan fingerprint density at radius 1 is 1.10 bits per heavy atom. The third-order valence-electron chi connectivity index (χ3n) is 4.63. The molecule has 0 radical (unpaired) electrons. The third kappa shape index (κ3) is 3.49. The maximum Gasteiger partial charge on any atom is 0.247 e. The number of aromatic nitrogens is 3. The summed E-state index contributed by atoms with van der Waals surface area (Å²) in [5, 5.41) is 7.96. The molecule has 1 aliphatic rings. The summed E-state index contributed by atoms with van der Waals surface area (Å²) in [6.07, 6.45) is 0.0530. The van der Waals surface area contributed by atoms with Crippen molar-refractivity contribution in [2.24, 2.45) is 7.05 Å². The first-order valence-electron chi connectivity index (χ1n) is 8.81. The van der Waals surface area contributed by atoms with Crippen LogP contribution in [0.4, 0.5) is 10.1 Å². The first-order valence-corrected chi connectivity index (χ1v) is 9.69. The Labute approximate surface area is 170 Å². The largest absolute Gasteiger partial charge is 0.497 e. The Balaban J connectivity index is 1.55. The zero-order valence-electron chi connectivity index (χ0n) is 15.7. The Morgan fingerprint density at radius 3 is 2.52 bits per heavy atom. The predicted molar refractivity (Wildman–Crippen MR) is 106 cm³/mol. The molecule has 1 atom stereocenters. The summed E-state index contributed by atoms with van der Waals surface area (Å²) in [5.74, 6) is -0.0139. The molecule has 1 fully saturated rings. The number of thioether (sulfide) groups is 1. The van der Waals surface area contributed by atoms with Gasteiger partial charge in [0.1, 0.15) is 16.8 Å². The van der Waals surface area contributed by atoms with Crippen molar-refractivity contribution in [3.05, 3.63) is 54.3 Å². The second-order valence-corrected chi connectivity index (χ2v) is 7.59. The molecule has 1 aromatic heterocycles. The van der Waals surface area contributed by atoms with Gasteiger partial charge >= 0.3 is 0 Å². The van der Waals surface area contributed by atoms with Crippen molar-refractivity contribution in [1.82, 2.24) is 14.8 Å². The van der Waals surface area contributed by atoms with Crippen LogP contribution in [0.5, 0.6) is 5.75 Å². The van der Waals surface area contributed by atoms with E-state index in [9.17, 15) is 14.0 Å². The van der Waals surface area contributed by atoms with Crippen molar-refractivity contribution < 1.29 is 18.7 Å². The smallest absolute Gasteiger partial charge is 0.247 e. The molecule has 0 aliphatic carbocycles. The lowest BCUT2D eigenvalue weighted by Gasteiger charge is -2.15. The lowest BCUT2D eigenvalue weighted by Crippen LogP contribution is -2.31. The number of nitrogens with zero attached hydrogens (tertiary/aromatic N) is 4. The van der Waals surface area contributed by atoms with Crippen LogP contribution in [0, 0.1) is 5.82 Å². The van der Waals surface area contributed by atoms with Crippen molar-refractivity contribution in [1.29, 1.82) is 0 Å². The van der Waals surface area contributed by atoms with E-state index in [1.54, 1.807) is 61.2 Å². The van der Waals surface area contributed by atoms with Gasteiger partial charge in [0.15, 0.2) is 11.0 Å². The highest BCUT2D eigenvalue weighted by Gasteiger charge is 2.41. The van der Waals surface area contributed by atoms with Gasteiger partial charge < -0.3 is 9.30 Å². The van der Waals surface area contributed by atoms with Crippen LogP contribution in [0.1, 0.15) is 6.42 Å². The highest BCUT2D eigenvalue weighted by Crippen LogP contribution is 2.34. The monoisotopic (exact) mass is 412 g/mol. The number of ether oxygens (including phenoxy) is 1. The molecule has 0 saturated carbocycles. The number of hydrogen-bond acceptors (Lipinski definition) is 6. The van der Waals surface area contributed by atoms with E-state index in [4.69, 9.17) is 4.74 Å². The number of carbonyl (C=O) groups excluding carboxylic acids is 2. The number of methoxy groups -OCH3 is 1. The number of halogens is 1. The molecule has 2 amide bonds. The van der Waals surface area contributed by atoms with E-state index in [0.29, 0.717) is 28.0 Å². The van der Waals surface area contributed by atoms with Gasteiger partial charge in [0.05, 0.1) is 18.4 Å². The molecule has 9 heteroatoms. The normalized spacial score (nSPS) is 16.5. The van der Waals surface area contributed by atoms with Crippen LogP contribution in [0.2, 0.25) is 0 Å². The lowest BCUT2D eigenvalue weighted by atomic mass is 10.2. The van der Waals surface area contributed by atoms with Gasteiger partial charge in [-0.3, -0.25) is 9.59 Å². The molecule has 1 aliphatic heterocycles. The van der Waals surface area contributed by atoms with Crippen molar-refractivity contribution >= 4 is 29.3 Å². The summed E-state index contributed by atoms with van der Waals surface area (Å²) in [4.78, 5) is 26.5. The minimum Gasteiger partial charge on any atom is -0.497 e. The Bertz CT molecular complexity index is 1080. The van der Waals surface area contributed by atoms with Gasteiger partial charge in [0.2, 0.25) is 11.8 Å². The average Bonchev–Trinajstić information content (AvgIpc) is 3.22. The third-order valence-corrected chi connectivity index (χ3v) is 5.85. The number of imide groups is 1. The molecule has 29 heavy (non-hydrogen) atoms. The van der Waals surface area contributed by atoms with E-state index >= 15 is 0 Å². The highest BCUT2D eigenvalue weighted by atomic mass is 32.2. The minimum atomic E-state index is -0.624. The van der Waals surface area contributed by atoms with E-state index in [0.717, 1.165) is 11.8 Å². The quantitative estimate of drug-likeness (QED) is 0.600. The second kappa shape index (κ2) is 7.67. The Morgan fingerprint density at radius 2 is 1.83 bits per heavy atom. The van der Waals surface area contributed by atoms with Gasteiger partial charge in [-0.2, -0.15) is 0 Å².